The number of fused-ring (bicyclic) bond motifs is 2. The first kappa shape index (κ1) is 25.1. The van der Waals surface area contributed by atoms with Gasteiger partial charge in [0.15, 0.2) is 11.5 Å². The Morgan fingerprint density at radius 1 is 0.944 bits per heavy atom. The first-order valence-corrected chi connectivity index (χ1v) is 13.8. The van der Waals surface area contributed by atoms with Crippen LogP contribution in [0.15, 0.2) is 42.6 Å². The summed E-state index contributed by atoms with van der Waals surface area (Å²) in [6.45, 7) is 8.77. The first-order valence-electron chi connectivity index (χ1n) is 13.8. The van der Waals surface area contributed by atoms with Gasteiger partial charge in [-0.3, -0.25) is 9.69 Å². The molecule has 1 amide bonds. The zero-order chi connectivity index (χ0) is 25.0. The minimum absolute atomic E-state index is 0.0645. The molecular formula is C30H41N3O3. The average Bonchev–Trinajstić information content (AvgIpc) is 3.43. The molecule has 0 radical (unpaired) electrons. The van der Waals surface area contributed by atoms with Gasteiger partial charge in [0, 0.05) is 43.4 Å². The molecule has 0 N–H and O–H groups in total. The van der Waals surface area contributed by atoms with Crippen LogP contribution in [0, 0.1) is 11.3 Å². The lowest BCUT2D eigenvalue weighted by atomic mass is 9.88. The maximum atomic E-state index is 13.0. The van der Waals surface area contributed by atoms with E-state index < -0.39 is 0 Å². The quantitative estimate of drug-likeness (QED) is 0.511. The van der Waals surface area contributed by atoms with E-state index in [-0.39, 0.29) is 11.3 Å². The maximum Gasteiger partial charge on any atom is 0.225 e. The van der Waals surface area contributed by atoms with Gasteiger partial charge in [-0.05, 0) is 68.7 Å². The van der Waals surface area contributed by atoms with E-state index in [2.05, 4.69) is 34.7 Å². The van der Waals surface area contributed by atoms with Crippen molar-refractivity contribution in [3.63, 3.8) is 0 Å². The van der Waals surface area contributed by atoms with E-state index in [0.717, 1.165) is 76.0 Å². The third-order valence-corrected chi connectivity index (χ3v) is 8.19. The van der Waals surface area contributed by atoms with Crippen molar-refractivity contribution in [3.8, 4) is 17.4 Å². The van der Waals surface area contributed by atoms with Gasteiger partial charge in [-0.15, -0.1) is 0 Å². The number of pyridine rings is 1. The van der Waals surface area contributed by atoms with Crippen LogP contribution in [0.25, 0.3) is 0 Å². The minimum Gasteiger partial charge on any atom is -0.489 e. The number of likely N-dealkylation sites (tertiary alicyclic amines) is 1. The summed E-state index contributed by atoms with van der Waals surface area (Å²) >= 11 is 0. The highest BCUT2D eigenvalue weighted by Crippen LogP contribution is 2.35. The number of para-hydroxylation sites is 2. The topological polar surface area (TPSA) is 54.9 Å². The lowest BCUT2D eigenvalue weighted by molar-refractivity contribution is -0.137. The number of hydrogen-bond donors (Lipinski definition) is 0. The monoisotopic (exact) mass is 491 g/mol. The number of carbonyl (C=O) groups is 1. The molecule has 1 saturated carbocycles. The number of nitrogens with zero attached hydrogens (tertiary/aromatic N) is 3. The van der Waals surface area contributed by atoms with Crippen LogP contribution in [-0.2, 0) is 11.3 Å². The van der Waals surface area contributed by atoms with E-state index in [1.54, 1.807) is 6.20 Å². The van der Waals surface area contributed by atoms with Gasteiger partial charge in [-0.1, -0.05) is 44.9 Å². The number of piperidine rings is 1. The predicted molar refractivity (Wildman–Crippen MR) is 141 cm³/mol. The van der Waals surface area contributed by atoms with E-state index >= 15 is 0 Å². The summed E-state index contributed by atoms with van der Waals surface area (Å²) in [6.07, 6.45) is 10.6. The molecule has 3 aliphatic rings. The van der Waals surface area contributed by atoms with Gasteiger partial charge >= 0.3 is 0 Å². The largest absolute Gasteiger partial charge is 0.489 e. The minimum atomic E-state index is 0.0645. The van der Waals surface area contributed by atoms with Gasteiger partial charge in [0.25, 0.3) is 0 Å². The zero-order valence-corrected chi connectivity index (χ0v) is 22.0. The Morgan fingerprint density at radius 2 is 1.69 bits per heavy atom. The van der Waals surface area contributed by atoms with E-state index in [1.807, 2.05) is 30.3 Å². The molecule has 194 valence electrons. The van der Waals surface area contributed by atoms with Gasteiger partial charge in [-0.25, -0.2) is 4.98 Å². The van der Waals surface area contributed by atoms with E-state index in [0.29, 0.717) is 30.2 Å². The molecule has 1 aromatic heterocycles. The second-order valence-electron chi connectivity index (χ2n) is 11.6. The summed E-state index contributed by atoms with van der Waals surface area (Å²) < 4.78 is 12.6. The summed E-state index contributed by atoms with van der Waals surface area (Å²) in [4.78, 5) is 22.3. The van der Waals surface area contributed by atoms with Gasteiger partial charge in [0.2, 0.25) is 11.8 Å². The van der Waals surface area contributed by atoms with E-state index in [9.17, 15) is 4.79 Å². The molecule has 5 rings (SSSR count). The summed E-state index contributed by atoms with van der Waals surface area (Å²) in [6, 6.07) is 12.5. The van der Waals surface area contributed by atoms with Gasteiger partial charge < -0.3 is 14.4 Å². The fourth-order valence-electron chi connectivity index (χ4n) is 5.99. The maximum absolute atomic E-state index is 13.0. The van der Waals surface area contributed by atoms with Crippen molar-refractivity contribution in [2.24, 2.45) is 11.3 Å². The second-order valence-corrected chi connectivity index (χ2v) is 11.6. The third-order valence-electron chi connectivity index (χ3n) is 8.19. The number of amides is 1. The van der Waals surface area contributed by atoms with Gasteiger partial charge in [0.05, 0.1) is 6.61 Å². The number of benzene rings is 1. The molecule has 1 saturated heterocycles. The third kappa shape index (κ3) is 6.03. The first-order chi connectivity index (χ1) is 17.5. The lowest BCUT2D eigenvalue weighted by Gasteiger charge is -2.40. The Hall–Kier alpha value is -2.60. The molecule has 36 heavy (non-hydrogen) atoms. The highest BCUT2D eigenvalue weighted by atomic mass is 16.5. The Morgan fingerprint density at radius 3 is 2.47 bits per heavy atom. The van der Waals surface area contributed by atoms with E-state index in [1.165, 1.54) is 12.8 Å². The molecule has 0 unspecified atom stereocenters. The molecule has 2 aromatic rings. The number of hydrogen-bond acceptors (Lipinski definition) is 5. The van der Waals surface area contributed by atoms with Crippen LogP contribution in [0.5, 0.6) is 17.4 Å². The number of rotatable bonds is 2. The summed E-state index contributed by atoms with van der Waals surface area (Å²) in [7, 11) is 0. The number of carbonyl (C=O) groups excluding carboxylic acids is 1. The standard InChI is InChI=1S/C30H41N3O3/c1-30(2)16-8-18-33(25-14-19-32(20-15-25)29(34)23-9-3-4-10-23)21-24-11-7-17-31-28(24)36-27-13-6-5-12-26(27)35-22-30/h5-7,11-13,17,23,25H,3-4,8-10,14-16,18-22H2,1-2H3. The second kappa shape index (κ2) is 11.2. The summed E-state index contributed by atoms with van der Waals surface area (Å²) in [5.74, 6) is 2.79. The smallest absolute Gasteiger partial charge is 0.225 e. The van der Waals surface area contributed by atoms with Crippen LogP contribution in [0.3, 0.4) is 0 Å². The van der Waals surface area contributed by atoms with Crippen molar-refractivity contribution >= 4 is 5.91 Å². The SMILES string of the molecule is CC1(C)CCCN(C2CCN(C(=O)C3CCCC3)CC2)Cc2cccnc2Oc2ccccc2OC1. The van der Waals surface area contributed by atoms with Gasteiger partial charge in [0.1, 0.15) is 0 Å². The highest BCUT2D eigenvalue weighted by Gasteiger charge is 2.32. The molecule has 0 spiro atoms. The molecule has 2 aliphatic heterocycles. The fourth-order valence-corrected chi connectivity index (χ4v) is 5.99. The van der Waals surface area contributed by atoms with Crippen LogP contribution in [-0.4, -0.2) is 53.0 Å². The number of aromatic nitrogens is 1. The molecule has 0 bridgehead atoms. The van der Waals surface area contributed by atoms with Crippen LogP contribution < -0.4 is 9.47 Å². The van der Waals surface area contributed by atoms with Gasteiger partial charge in [-0.2, -0.15) is 0 Å². The van der Waals surface area contributed by atoms with Crippen molar-refractivity contribution in [3.05, 3.63) is 48.2 Å². The summed E-state index contributed by atoms with van der Waals surface area (Å²) in [5.41, 5.74) is 1.16. The molecule has 1 aromatic carbocycles. The molecule has 6 heteroatoms. The fraction of sp³-hybridized carbons (Fsp3) is 0.600. The Bertz CT molecular complexity index is 1030. The molecule has 2 fully saturated rings. The predicted octanol–water partition coefficient (Wildman–Crippen LogP) is 6.06. The van der Waals surface area contributed by atoms with Crippen molar-refractivity contribution in [2.45, 2.75) is 77.8 Å². The average molecular weight is 492 g/mol. The molecule has 1 aliphatic carbocycles. The Labute approximate surface area is 216 Å². The normalized spacial score (nSPS) is 22.2. The zero-order valence-electron chi connectivity index (χ0n) is 22.0. The van der Waals surface area contributed by atoms with Crippen LogP contribution in [0.2, 0.25) is 0 Å². The highest BCUT2D eigenvalue weighted by molar-refractivity contribution is 5.79. The van der Waals surface area contributed by atoms with Crippen molar-refractivity contribution in [1.82, 2.24) is 14.8 Å². The summed E-state index contributed by atoms with van der Waals surface area (Å²) in [5, 5.41) is 0. The van der Waals surface area contributed by atoms with Crippen molar-refractivity contribution in [2.75, 3.05) is 26.2 Å². The molecule has 3 heterocycles. The lowest BCUT2D eigenvalue weighted by Crippen LogP contribution is -2.48. The van der Waals surface area contributed by atoms with Crippen LogP contribution >= 0.6 is 0 Å². The van der Waals surface area contributed by atoms with Crippen LogP contribution in [0.4, 0.5) is 0 Å². The Balaban J connectivity index is 1.34. The molecule has 0 atom stereocenters. The Kier molecular flexibility index (Phi) is 7.80. The van der Waals surface area contributed by atoms with Crippen LogP contribution in [0.1, 0.15) is 70.8 Å². The number of ether oxygens (including phenoxy) is 2. The van der Waals surface area contributed by atoms with Crippen molar-refractivity contribution < 1.29 is 14.3 Å². The van der Waals surface area contributed by atoms with Crippen molar-refractivity contribution in [1.29, 1.82) is 0 Å². The molecule has 6 nitrogen and oxygen atoms in total. The molecular weight excluding hydrogens is 450 g/mol. The van der Waals surface area contributed by atoms with E-state index in [4.69, 9.17) is 9.47 Å².